The Kier molecular flexibility index (Phi) is 5.51. The summed E-state index contributed by atoms with van der Waals surface area (Å²) in [6, 6.07) is 14.5. The highest BCUT2D eigenvalue weighted by Gasteiger charge is 2.12. The van der Waals surface area contributed by atoms with Gasteiger partial charge in [-0.3, -0.25) is 9.69 Å². The minimum Gasteiger partial charge on any atom is -0.366 e. The van der Waals surface area contributed by atoms with Crippen molar-refractivity contribution in [1.29, 1.82) is 0 Å². The molecule has 4 heteroatoms. The van der Waals surface area contributed by atoms with Crippen molar-refractivity contribution in [2.24, 2.45) is 5.73 Å². The van der Waals surface area contributed by atoms with Gasteiger partial charge in [0.05, 0.1) is 0 Å². The maximum Gasteiger partial charge on any atom is 0.248 e. The second-order valence-electron chi connectivity index (χ2n) is 7.02. The van der Waals surface area contributed by atoms with Gasteiger partial charge in [0, 0.05) is 25.2 Å². The fraction of sp³-hybridized carbons (Fsp3) is 0.381. The van der Waals surface area contributed by atoms with Crippen LogP contribution in [-0.4, -0.2) is 48.9 Å². The number of carbonyl (C=O) groups is 1. The Morgan fingerprint density at radius 1 is 1.00 bits per heavy atom. The van der Waals surface area contributed by atoms with Gasteiger partial charge in [0.25, 0.3) is 0 Å². The molecule has 2 N–H and O–H groups in total. The molecule has 1 fully saturated rings. The molecule has 4 nitrogen and oxygen atoms in total. The van der Waals surface area contributed by atoms with Crippen molar-refractivity contribution in [3.05, 3.63) is 59.2 Å². The summed E-state index contributed by atoms with van der Waals surface area (Å²) in [5, 5.41) is 0. The van der Waals surface area contributed by atoms with Crippen LogP contribution in [0.3, 0.4) is 0 Å². The first-order chi connectivity index (χ1) is 12.0. The van der Waals surface area contributed by atoms with E-state index in [4.69, 9.17) is 5.73 Å². The first-order valence-electron chi connectivity index (χ1n) is 8.93. The Morgan fingerprint density at radius 2 is 1.72 bits per heavy atom. The molecule has 132 valence electrons. The van der Waals surface area contributed by atoms with Crippen molar-refractivity contribution in [3.8, 4) is 11.1 Å². The molecule has 0 radical (unpaired) electrons. The number of benzene rings is 2. The van der Waals surface area contributed by atoms with E-state index in [2.05, 4.69) is 41.1 Å². The largest absolute Gasteiger partial charge is 0.366 e. The molecule has 0 bridgehead atoms. The summed E-state index contributed by atoms with van der Waals surface area (Å²) in [5.74, 6) is -0.373. The molecule has 1 saturated heterocycles. The lowest BCUT2D eigenvalue weighted by molar-refractivity contribution is 0.1000. The monoisotopic (exact) mass is 337 g/mol. The van der Waals surface area contributed by atoms with Gasteiger partial charge in [-0.15, -0.1) is 0 Å². The number of rotatable bonds is 4. The molecule has 0 unspecified atom stereocenters. The number of hydrogen-bond acceptors (Lipinski definition) is 3. The van der Waals surface area contributed by atoms with Crippen LogP contribution in [0, 0.1) is 6.92 Å². The van der Waals surface area contributed by atoms with Crippen LogP contribution in [0.4, 0.5) is 0 Å². The maximum absolute atomic E-state index is 11.5. The van der Waals surface area contributed by atoms with Crippen molar-refractivity contribution < 1.29 is 4.79 Å². The van der Waals surface area contributed by atoms with Crippen LogP contribution in [0.25, 0.3) is 11.1 Å². The normalized spacial score (nSPS) is 16.6. The average molecular weight is 337 g/mol. The zero-order chi connectivity index (χ0) is 17.8. The molecular formula is C21H27N3O. The minimum atomic E-state index is -0.373. The van der Waals surface area contributed by atoms with Crippen LogP contribution in [0.5, 0.6) is 0 Å². The molecule has 3 rings (SSSR count). The standard InChI is InChI=1S/C21H27N3O/c1-16-4-7-19(14-20(16)21(22)25)18-8-5-17(6-9-18)15-24-11-3-10-23(2)12-13-24/h4-9,14H,3,10-13,15H2,1-2H3,(H2,22,25). The minimum absolute atomic E-state index is 0.373. The fourth-order valence-electron chi connectivity index (χ4n) is 3.39. The molecule has 0 aromatic heterocycles. The van der Waals surface area contributed by atoms with Crippen molar-refractivity contribution in [3.63, 3.8) is 0 Å². The molecule has 1 aliphatic rings. The Morgan fingerprint density at radius 3 is 2.44 bits per heavy atom. The van der Waals surface area contributed by atoms with E-state index < -0.39 is 0 Å². The van der Waals surface area contributed by atoms with E-state index in [1.807, 2.05) is 25.1 Å². The Hall–Kier alpha value is -2.17. The van der Waals surface area contributed by atoms with E-state index in [0.717, 1.165) is 42.9 Å². The van der Waals surface area contributed by atoms with E-state index in [-0.39, 0.29) is 5.91 Å². The summed E-state index contributed by atoms with van der Waals surface area (Å²) in [4.78, 5) is 16.5. The highest BCUT2D eigenvalue weighted by molar-refractivity contribution is 5.95. The lowest BCUT2D eigenvalue weighted by Gasteiger charge is -2.20. The first-order valence-corrected chi connectivity index (χ1v) is 8.93. The predicted molar refractivity (Wildman–Crippen MR) is 103 cm³/mol. The summed E-state index contributed by atoms with van der Waals surface area (Å²) < 4.78 is 0. The van der Waals surface area contributed by atoms with Gasteiger partial charge in [0.15, 0.2) is 0 Å². The van der Waals surface area contributed by atoms with Crippen LogP contribution in [0.1, 0.15) is 27.9 Å². The number of primary amides is 1. The topological polar surface area (TPSA) is 49.6 Å². The zero-order valence-electron chi connectivity index (χ0n) is 15.2. The van der Waals surface area contributed by atoms with Gasteiger partial charge >= 0.3 is 0 Å². The molecule has 0 saturated carbocycles. The molecule has 0 aliphatic carbocycles. The second-order valence-corrected chi connectivity index (χ2v) is 7.02. The zero-order valence-corrected chi connectivity index (χ0v) is 15.2. The van der Waals surface area contributed by atoms with Crippen LogP contribution < -0.4 is 5.73 Å². The van der Waals surface area contributed by atoms with E-state index >= 15 is 0 Å². The lowest BCUT2D eigenvalue weighted by Crippen LogP contribution is -2.28. The highest BCUT2D eigenvalue weighted by Crippen LogP contribution is 2.23. The second kappa shape index (κ2) is 7.81. The van der Waals surface area contributed by atoms with Crippen molar-refractivity contribution in [2.75, 3.05) is 33.2 Å². The Bertz CT molecular complexity index is 739. The quantitative estimate of drug-likeness (QED) is 0.933. The summed E-state index contributed by atoms with van der Waals surface area (Å²) in [7, 11) is 2.19. The van der Waals surface area contributed by atoms with Gasteiger partial charge in [-0.25, -0.2) is 0 Å². The number of nitrogens with zero attached hydrogens (tertiary/aromatic N) is 2. The van der Waals surface area contributed by atoms with E-state index in [1.54, 1.807) is 0 Å². The van der Waals surface area contributed by atoms with Gasteiger partial charge in [-0.2, -0.15) is 0 Å². The molecule has 1 amide bonds. The number of likely N-dealkylation sites (N-methyl/N-ethyl adjacent to an activating group) is 1. The summed E-state index contributed by atoms with van der Waals surface area (Å²) >= 11 is 0. The number of amides is 1. The van der Waals surface area contributed by atoms with Crippen molar-refractivity contribution >= 4 is 5.91 Å². The molecule has 25 heavy (non-hydrogen) atoms. The summed E-state index contributed by atoms with van der Waals surface area (Å²) in [5.41, 5.74) is 10.4. The molecule has 1 heterocycles. The van der Waals surface area contributed by atoms with E-state index in [0.29, 0.717) is 5.56 Å². The van der Waals surface area contributed by atoms with Gasteiger partial charge < -0.3 is 10.6 Å². The van der Waals surface area contributed by atoms with Crippen molar-refractivity contribution in [1.82, 2.24) is 9.80 Å². The summed E-state index contributed by atoms with van der Waals surface area (Å²) in [6.45, 7) is 7.51. The molecule has 0 spiro atoms. The van der Waals surface area contributed by atoms with E-state index in [9.17, 15) is 4.79 Å². The number of nitrogens with two attached hydrogens (primary N) is 1. The van der Waals surface area contributed by atoms with Crippen LogP contribution in [0.15, 0.2) is 42.5 Å². The third-order valence-electron chi connectivity index (χ3n) is 5.01. The van der Waals surface area contributed by atoms with Gasteiger partial charge in [0.1, 0.15) is 0 Å². The molecular weight excluding hydrogens is 310 g/mol. The van der Waals surface area contributed by atoms with Crippen LogP contribution in [0.2, 0.25) is 0 Å². The van der Waals surface area contributed by atoms with Gasteiger partial charge in [0.2, 0.25) is 5.91 Å². The molecule has 2 aromatic rings. The third kappa shape index (κ3) is 4.47. The molecule has 0 atom stereocenters. The van der Waals surface area contributed by atoms with Crippen LogP contribution in [-0.2, 0) is 6.54 Å². The van der Waals surface area contributed by atoms with Gasteiger partial charge in [-0.05, 0) is 61.8 Å². The number of carbonyl (C=O) groups excluding carboxylic acids is 1. The highest BCUT2D eigenvalue weighted by atomic mass is 16.1. The Balaban J connectivity index is 1.72. The smallest absolute Gasteiger partial charge is 0.248 e. The predicted octanol–water partition coefficient (Wildman–Crippen LogP) is 2.90. The maximum atomic E-state index is 11.5. The Labute approximate surface area is 150 Å². The van der Waals surface area contributed by atoms with Gasteiger partial charge in [-0.1, -0.05) is 36.4 Å². The van der Waals surface area contributed by atoms with E-state index in [1.165, 1.54) is 18.5 Å². The number of aryl methyl sites for hydroxylation is 1. The number of hydrogen-bond donors (Lipinski definition) is 1. The summed E-state index contributed by atoms with van der Waals surface area (Å²) in [6.07, 6.45) is 1.23. The molecule has 1 aliphatic heterocycles. The third-order valence-corrected chi connectivity index (χ3v) is 5.01. The lowest BCUT2D eigenvalue weighted by atomic mass is 9.98. The fourth-order valence-corrected chi connectivity index (χ4v) is 3.39. The SMILES string of the molecule is Cc1ccc(-c2ccc(CN3CCCN(C)CC3)cc2)cc1C(N)=O. The van der Waals surface area contributed by atoms with Crippen LogP contribution >= 0.6 is 0 Å². The van der Waals surface area contributed by atoms with Crippen molar-refractivity contribution in [2.45, 2.75) is 19.9 Å². The average Bonchev–Trinajstić information content (AvgIpc) is 2.80. The molecule has 2 aromatic carbocycles. The first kappa shape index (κ1) is 17.6.